The molecule has 0 atom stereocenters. The maximum Gasteiger partial charge on any atom is 0.124 e. The summed E-state index contributed by atoms with van der Waals surface area (Å²) in [4.78, 5) is 0. The summed E-state index contributed by atoms with van der Waals surface area (Å²) in [5.41, 5.74) is 3.38. The summed E-state index contributed by atoms with van der Waals surface area (Å²) < 4.78 is 0. The summed E-state index contributed by atoms with van der Waals surface area (Å²) in [6.45, 7) is 2.22. The minimum absolute atomic E-state index is 0.333. The van der Waals surface area contributed by atoms with E-state index in [1.165, 1.54) is 43.0 Å². The first-order chi connectivity index (χ1) is 20.3. The van der Waals surface area contributed by atoms with Crippen molar-refractivity contribution < 1.29 is 5.11 Å². The van der Waals surface area contributed by atoms with E-state index in [1.807, 2.05) is 12.1 Å². The van der Waals surface area contributed by atoms with Gasteiger partial charge in [-0.3, -0.25) is 0 Å². The van der Waals surface area contributed by atoms with Crippen molar-refractivity contribution in [3.63, 3.8) is 0 Å². The molecule has 0 aromatic heterocycles. The first kappa shape index (κ1) is 27.2. The maximum atomic E-state index is 11.8. The quantitative estimate of drug-likeness (QED) is 0.194. The Morgan fingerprint density at radius 1 is 0.415 bits per heavy atom. The molecule has 6 rings (SSSR count). The molecule has 0 bridgehead atoms. The van der Waals surface area contributed by atoms with Gasteiger partial charge in [0.1, 0.15) is 5.75 Å². The smallest absolute Gasteiger partial charge is 0.124 e. The number of aryl methyl sites for hydroxylation is 1. The Kier molecular flexibility index (Phi) is 8.39. The monoisotopic (exact) mass is 566 g/mol. The highest BCUT2D eigenvalue weighted by molar-refractivity contribution is 7.80. The van der Waals surface area contributed by atoms with E-state index in [1.54, 1.807) is 0 Å². The number of aromatic hydroxyl groups is 1. The zero-order valence-electron chi connectivity index (χ0n) is 23.1. The fourth-order valence-electron chi connectivity index (χ4n) is 5.49. The van der Waals surface area contributed by atoms with E-state index in [-0.39, 0.29) is 0 Å². The lowest BCUT2D eigenvalue weighted by molar-refractivity contribution is 0.478. The third-order valence-electron chi connectivity index (χ3n) is 7.32. The van der Waals surface area contributed by atoms with Crippen molar-refractivity contribution in [3.05, 3.63) is 163 Å². The molecule has 0 amide bonds. The van der Waals surface area contributed by atoms with Crippen LogP contribution < -0.4 is 31.8 Å². The summed E-state index contributed by atoms with van der Waals surface area (Å²) in [7, 11) is -1.79. The van der Waals surface area contributed by atoms with E-state index >= 15 is 0 Å². The van der Waals surface area contributed by atoms with Crippen LogP contribution in [0.1, 0.15) is 12.5 Å². The van der Waals surface area contributed by atoms with Crippen LogP contribution in [-0.4, -0.2) is 5.11 Å². The highest BCUT2D eigenvalue weighted by atomic mass is 31.1. The summed E-state index contributed by atoms with van der Waals surface area (Å²) >= 11 is 0. The van der Waals surface area contributed by atoms with Gasteiger partial charge in [0.05, 0.1) is 0 Å². The van der Waals surface area contributed by atoms with E-state index in [4.69, 9.17) is 0 Å². The van der Waals surface area contributed by atoms with Crippen LogP contribution in [0.25, 0.3) is 11.1 Å². The normalized spacial score (nSPS) is 11.2. The third-order valence-corrected chi connectivity index (χ3v) is 12.3. The van der Waals surface area contributed by atoms with Gasteiger partial charge in [-0.2, -0.15) is 0 Å². The van der Waals surface area contributed by atoms with E-state index in [0.717, 1.165) is 12.0 Å². The largest absolute Gasteiger partial charge is 0.507 e. The molecule has 0 aliphatic carbocycles. The molecule has 0 saturated heterocycles. The van der Waals surface area contributed by atoms with Gasteiger partial charge in [0.25, 0.3) is 0 Å². The highest BCUT2D eigenvalue weighted by Crippen LogP contribution is 2.44. The first-order valence-corrected chi connectivity index (χ1v) is 16.7. The molecule has 0 fully saturated rings. The SMILES string of the molecule is CCc1cccc(P(c2ccccc2)c2ccccc2)c1-c1c(O)cccc1P(c1ccccc1)c1ccccc1. The van der Waals surface area contributed by atoms with Crippen molar-refractivity contribution in [2.75, 3.05) is 0 Å². The van der Waals surface area contributed by atoms with Gasteiger partial charge in [-0.15, -0.1) is 0 Å². The van der Waals surface area contributed by atoms with Crippen molar-refractivity contribution in [2.24, 2.45) is 0 Å². The molecule has 41 heavy (non-hydrogen) atoms. The van der Waals surface area contributed by atoms with Gasteiger partial charge in [0.15, 0.2) is 0 Å². The molecular formula is C38H32OP2. The Bertz CT molecular complexity index is 1640. The van der Waals surface area contributed by atoms with Gasteiger partial charge in [0, 0.05) is 5.56 Å². The number of benzene rings is 6. The van der Waals surface area contributed by atoms with Crippen molar-refractivity contribution in [1.82, 2.24) is 0 Å². The molecule has 0 radical (unpaired) electrons. The Balaban J connectivity index is 1.67. The van der Waals surface area contributed by atoms with Crippen molar-refractivity contribution in [3.8, 4) is 16.9 Å². The van der Waals surface area contributed by atoms with Crippen LogP contribution in [0, 0.1) is 0 Å². The van der Waals surface area contributed by atoms with E-state index in [0.29, 0.717) is 5.75 Å². The number of phenols is 1. The first-order valence-electron chi connectivity index (χ1n) is 14.0. The number of hydrogen-bond acceptors (Lipinski definition) is 1. The number of phenolic OH excluding ortho intramolecular Hbond substituents is 1. The van der Waals surface area contributed by atoms with Crippen LogP contribution in [0.15, 0.2) is 158 Å². The van der Waals surface area contributed by atoms with Crippen molar-refractivity contribution in [1.29, 1.82) is 0 Å². The Hall–Kier alpha value is -4.02. The molecule has 1 nitrogen and oxygen atoms in total. The average Bonchev–Trinajstić information content (AvgIpc) is 3.04. The molecular weight excluding hydrogens is 534 g/mol. The lowest BCUT2D eigenvalue weighted by Gasteiger charge is -2.28. The second kappa shape index (κ2) is 12.7. The molecule has 1 N–H and O–H groups in total. The Morgan fingerprint density at radius 3 is 1.17 bits per heavy atom. The van der Waals surface area contributed by atoms with E-state index < -0.39 is 15.8 Å². The summed E-state index contributed by atoms with van der Waals surface area (Å²) in [6.07, 6.45) is 0.873. The number of hydrogen-bond donors (Lipinski definition) is 1. The molecule has 0 aliphatic heterocycles. The van der Waals surface area contributed by atoms with Gasteiger partial charge < -0.3 is 5.11 Å². The minimum atomic E-state index is -0.917. The van der Waals surface area contributed by atoms with E-state index in [9.17, 15) is 5.11 Å². The lowest BCUT2D eigenvalue weighted by Crippen LogP contribution is -2.26. The molecule has 0 aliphatic rings. The fraction of sp³-hybridized carbons (Fsp3) is 0.0526. The van der Waals surface area contributed by atoms with Crippen molar-refractivity contribution >= 4 is 47.7 Å². The highest BCUT2D eigenvalue weighted by Gasteiger charge is 2.28. The predicted molar refractivity (Wildman–Crippen MR) is 180 cm³/mol. The van der Waals surface area contributed by atoms with Gasteiger partial charge in [-0.05, 0) is 71.3 Å². The molecule has 0 heterocycles. The second-order valence-electron chi connectivity index (χ2n) is 9.85. The zero-order valence-corrected chi connectivity index (χ0v) is 24.8. The van der Waals surface area contributed by atoms with Crippen molar-refractivity contribution in [2.45, 2.75) is 13.3 Å². The van der Waals surface area contributed by atoms with Crippen LogP contribution in [0.5, 0.6) is 5.75 Å². The van der Waals surface area contributed by atoms with E-state index in [2.05, 4.69) is 153 Å². The average molecular weight is 567 g/mol. The lowest BCUT2D eigenvalue weighted by atomic mass is 9.97. The van der Waals surface area contributed by atoms with Crippen LogP contribution in [0.4, 0.5) is 0 Å². The molecule has 6 aromatic carbocycles. The topological polar surface area (TPSA) is 20.2 Å². The van der Waals surface area contributed by atoms with Gasteiger partial charge in [0.2, 0.25) is 0 Å². The molecule has 0 spiro atoms. The molecule has 0 saturated carbocycles. The second-order valence-corrected chi connectivity index (χ2v) is 14.2. The van der Waals surface area contributed by atoms with Crippen LogP contribution in [0.3, 0.4) is 0 Å². The van der Waals surface area contributed by atoms with Crippen LogP contribution in [0.2, 0.25) is 0 Å². The molecule has 0 unspecified atom stereocenters. The predicted octanol–water partition coefficient (Wildman–Crippen LogP) is 7.14. The maximum absolute atomic E-state index is 11.8. The standard InChI is InChI=1S/C38H32OP2/c1-2-29-17-15-27-35(40(30-18-7-3-8-19-30)31-20-9-4-10-21-31)37(29)38-34(39)26-16-28-36(38)41(32-22-11-5-12-23-32)33-24-13-6-14-25-33/h3-28,39H,2H2,1H3. The number of rotatable bonds is 8. The van der Waals surface area contributed by atoms with Crippen LogP contribution >= 0.6 is 15.8 Å². The Labute approximate surface area is 245 Å². The van der Waals surface area contributed by atoms with Gasteiger partial charge in [-0.1, -0.05) is 159 Å². The molecule has 6 aromatic rings. The Morgan fingerprint density at radius 2 is 0.780 bits per heavy atom. The fourth-order valence-corrected chi connectivity index (χ4v) is 10.5. The molecule has 200 valence electrons. The van der Waals surface area contributed by atoms with Gasteiger partial charge >= 0.3 is 0 Å². The van der Waals surface area contributed by atoms with Gasteiger partial charge in [-0.25, -0.2) is 0 Å². The molecule has 3 heteroatoms. The van der Waals surface area contributed by atoms with Crippen LogP contribution in [-0.2, 0) is 6.42 Å². The summed E-state index contributed by atoms with van der Waals surface area (Å²) in [6, 6.07) is 55.9. The summed E-state index contributed by atoms with van der Waals surface area (Å²) in [5, 5.41) is 19.4. The summed E-state index contributed by atoms with van der Waals surface area (Å²) in [5.74, 6) is 0.333. The third kappa shape index (κ3) is 5.62. The minimum Gasteiger partial charge on any atom is -0.507 e. The zero-order chi connectivity index (χ0) is 28.0.